The van der Waals surface area contributed by atoms with Crippen LogP contribution in [0.5, 0.6) is 11.8 Å². The molecule has 0 aromatic carbocycles. The number of ether oxygens (including phenoxy) is 1. The lowest BCUT2D eigenvalue weighted by atomic mass is 9.81. The summed E-state index contributed by atoms with van der Waals surface area (Å²) < 4.78 is 6.09. The number of nitrogens with zero attached hydrogens (tertiary/aromatic N) is 3. The summed E-state index contributed by atoms with van der Waals surface area (Å²) in [6, 6.07) is 6.84. The van der Waals surface area contributed by atoms with Crippen molar-refractivity contribution in [1.82, 2.24) is 20.5 Å². The first-order chi connectivity index (χ1) is 13.6. The molecule has 3 rings (SSSR count). The minimum atomic E-state index is -0.200. The average Bonchev–Trinajstić information content (AvgIpc) is 2.61. The lowest BCUT2D eigenvalue weighted by Gasteiger charge is -2.46. The SMILES string of the molecule is CC1(C)CC(Oc2ccc(-c3ccc(/C(C=N)=C/N)nc3O)nn2)CC(C)(C)N1. The molecule has 0 amide bonds. The maximum Gasteiger partial charge on any atom is 0.233 e. The Kier molecular flexibility index (Phi) is 5.57. The van der Waals surface area contributed by atoms with Crippen LogP contribution in [-0.4, -0.2) is 43.7 Å². The molecule has 3 heterocycles. The number of aromatic hydroxyl groups is 1. The Labute approximate surface area is 170 Å². The van der Waals surface area contributed by atoms with Crippen molar-refractivity contribution in [3.63, 3.8) is 0 Å². The Morgan fingerprint density at radius 3 is 2.38 bits per heavy atom. The summed E-state index contributed by atoms with van der Waals surface area (Å²) in [4.78, 5) is 4.09. The maximum absolute atomic E-state index is 10.3. The van der Waals surface area contributed by atoms with Crippen LogP contribution in [-0.2, 0) is 0 Å². The number of rotatable bonds is 5. The Morgan fingerprint density at radius 2 is 1.86 bits per heavy atom. The molecule has 8 heteroatoms. The van der Waals surface area contributed by atoms with Gasteiger partial charge in [-0.05, 0) is 45.9 Å². The lowest BCUT2D eigenvalue weighted by molar-refractivity contribution is 0.0524. The number of pyridine rings is 1. The van der Waals surface area contributed by atoms with Crippen LogP contribution in [0.15, 0.2) is 30.5 Å². The highest BCUT2D eigenvalue weighted by atomic mass is 16.5. The van der Waals surface area contributed by atoms with E-state index in [0.717, 1.165) is 19.1 Å². The fraction of sp³-hybridized carbons (Fsp3) is 0.429. The summed E-state index contributed by atoms with van der Waals surface area (Å²) in [5, 5.41) is 29.6. The van der Waals surface area contributed by atoms with Gasteiger partial charge in [0.25, 0.3) is 0 Å². The van der Waals surface area contributed by atoms with Crippen LogP contribution < -0.4 is 15.8 Å². The Morgan fingerprint density at radius 1 is 1.17 bits per heavy atom. The van der Waals surface area contributed by atoms with E-state index < -0.39 is 0 Å². The molecule has 0 radical (unpaired) electrons. The van der Waals surface area contributed by atoms with Gasteiger partial charge in [-0.25, -0.2) is 4.98 Å². The van der Waals surface area contributed by atoms with Crippen LogP contribution in [0.2, 0.25) is 0 Å². The largest absolute Gasteiger partial charge is 0.493 e. The first-order valence-electron chi connectivity index (χ1n) is 9.55. The lowest BCUT2D eigenvalue weighted by Crippen LogP contribution is -2.60. The fourth-order valence-corrected chi connectivity index (χ4v) is 4.03. The summed E-state index contributed by atoms with van der Waals surface area (Å²) in [6.07, 6.45) is 4.13. The zero-order valence-electron chi connectivity index (χ0n) is 17.2. The molecular formula is C21H28N6O2. The molecule has 1 saturated heterocycles. The van der Waals surface area contributed by atoms with Gasteiger partial charge < -0.3 is 26.3 Å². The highest BCUT2D eigenvalue weighted by Crippen LogP contribution is 2.32. The van der Waals surface area contributed by atoms with Crippen molar-refractivity contribution < 1.29 is 9.84 Å². The van der Waals surface area contributed by atoms with E-state index in [9.17, 15) is 5.11 Å². The van der Waals surface area contributed by atoms with Crippen LogP contribution in [0.1, 0.15) is 46.2 Å². The summed E-state index contributed by atoms with van der Waals surface area (Å²) in [5.41, 5.74) is 7.17. The van der Waals surface area contributed by atoms with Gasteiger partial charge in [0, 0.05) is 48.0 Å². The second-order valence-corrected chi connectivity index (χ2v) is 8.63. The zero-order chi connectivity index (χ0) is 21.2. The molecular weight excluding hydrogens is 368 g/mol. The van der Waals surface area contributed by atoms with E-state index >= 15 is 0 Å². The number of allylic oxidation sites excluding steroid dienone is 1. The molecule has 1 fully saturated rings. The highest BCUT2D eigenvalue weighted by molar-refractivity contribution is 6.07. The van der Waals surface area contributed by atoms with Gasteiger partial charge in [0.2, 0.25) is 11.8 Å². The van der Waals surface area contributed by atoms with Gasteiger partial charge in [0.05, 0.1) is 17.0 Å². The molecule has 0 bridgehead atoms. The summed E-state index contributed by atoms with van der Waals surface area (Å²) >= 11 is 0. The van der Waals surface area contributed by atoms with Gasteiger partial charge in [0.1, 0.15) is 6.10 Å². The molecule has 5 N–H and O–H groups in total. The highest BCUT2D eigenvalue weighted by Gasteiger charge is 2.38. The molecule has 1 aliphatic heterocycles. The smallest absolute Gasteiger partial charge is 0.233 e. The van der Waals surface area contributed by atoms with Gasteiger partial charge in [-0.15, -0.1) is 10.2 Å². The van der Waals surface area contributed by atoms with E-state index in [4.69, 9.17) is 15.9 Å². The maximum atomic E-state index is 10.3. The molecule has 0 saturated carbocycles. The second kappa shape index (κ2) is 7.79. The van der Waals surface area contributed by atoms with E-state index in [-0.39, 0.29) is 23.1 Å². The van der Waals surface area contributed by atoms with Gasteiger partial charge in [0.15, 0.2) is 0 Å². The Balaban J connectivity index is 1.76. The molecule has 0 unspecified atom stereocenters. The number of aromatic nitrogens is 3. The predicted octanol–water partition coefficient (Wildman–Crippen LogP) is 2.88. The average molecular weight is 396 g/mol. The molecule has 2 aromatic rings. The quantitative estimate of drug-likeness (QED) is 0.572. The number of piperidine rings is 1. The van der Waals surface area contributed by atoms with Crippen molar-refractivity contribution in [1.29, 1.82) is 5.41 Å². The van der Waals surface area contributed by atoms with Gasteiger partial charge in [-0.3, -0.25) is 0 Å². The number of nitrogens with one attached hydrogen (secondary N) is 2. The molecule has 0 atom stereocenters. The summed E-state index contributed by atoms with van der Waals surface area (Å²) in [7, 11) is 0. The molecule has 154 valence electrons. The van der Waals surface area contributed by atoms with Gasteiger partial charge in [-0.1, -0.05) is 0 Å². The minimum Gasteiger partial charge on any atom is -0.493 e. The molecule has 0 aliphatic carbocycles. The van der Waals surface area contributed by atoms with E-state index in [1.165, 1.54) is 6.20 Å². The van der Waals surface area contributed by atoms with Crippen molar-refractivity contribution >= 4 is 11.8 Å². The van der Waals surface area contributed by atoms with Gasteiger partial charge >= 0.3 is 0 Å². The van der Waals surface area contributed by atoms with E-state index in [1.807, 2.05) is 0 Å². The normalized spacial score (nSPS) is 19.0. The Hall–Kier alpha value is -3.00. The van der Waals surface area contributed by atoms with Gasteiger partial charge in [-0.2, -0.15) is 0 Å². The molecule has 8 nitrogen and oxygen atoms in total. The van der Waals surface area contributed by atoms with Crippen molar-refractivity contribution in [2.24, 2.45) is 5.73 Å². The van der Waals surface area contributed by atoms with Crippen LogP contribution in [0, 0.1) is 5.41 Å². The third-order valence-electron chi connectivity index (χ3n) is 4.86. The predicted molar refractivity (Wildman–Crippen MR) is 113 cm³/mol. The van der Waals surface area contributed by atoms with Crippen molar-refractivity contribution in [2.45, 2.75) is 57.7 Å². The monoisotopic (exact) mass is 396 g/mol. The molecule has 1 aliphatic rings. The topological polar surface area (TPSA) is 130 Å². The molecule has 29 heavy (non-hydrogen) atoms. The first-order valence-corrected chi connectivity index (χ1v) is 9.55. The number of nitrogens with two attached hydrogens (primary N) is 1. The zero-order valence-corrected chi connectivity index (χ0v) is 17.2. The molecule has 2 aromatic heterocycles. The third kappa shape index (κ3) is 4.89. The van der Waals surface area contributed by atoms with Crippen LogP contribution >= 0.6 is 0 Å². The third-order valence-corrected chi connectivity index (χ3v) is 4.86. The van der Waals surface area contributed by atoms with E-state index in [2.05, 4.69) is 48.2 Å². The minimum absolute atomic E-state index is 0.0215. The first kappa shape index (κ1) is 20.7. The van der Waals surface area contributed by atoms with Crippen molar-refractivity contribution in [3.05, 3.63) is 36.2 Å². The number of hydrogen-bond donors (Lipinski definition) is 4. The second-order valence-electron chi connectivity index (χ2n) is 8.63. The summed E-state index contributed by atoms with van der Waals surface area (Å²) in [6.45, 7) is 8.68. The summed E-state index contributed by atoms with van der Waals surface area (Å²) in [5.74, 6) is 0.252. The molecule has 0 spiro atoms. The van der Waals surface area contributed by atoms with Crippen LogP contribution in [0.25, 0.3) is 16.8 Å². The van der Waals surface area contributed by atoms with E-state index in [0.29, 0.717) is 28.4 Å². The van der Waals surface area contributed by atoms with Crippen molar-refractivity contribution in [3.8, 4) is 23.0 Å². The Bertz CT molecular complexity index is 905. The standard InChI is InChI=1S/C21H28N6O2/c1-20(2)9-14(10-21(3,4)27-20)29-18-8-7-17(25-26-18)15-5-6-16(24-19(15)28)13(11-22)12-23/h5-8,11-12,14,22,27H,9-10,23H2,1-4H3,(H,24,28)/b13-12+,22-11?. The fourth-order valence-electron chi connectivity index (χ4n) is 4.03. The van der Waals surface area contributed by atoms with Crippen LogP contribution in [0.4, 0.5) is 0 Å². The van der Waals surface area contributed by atoms with Crippen LogP contribution in [0.3, 0.4) is 0 Å². The number of hydrogen-bond acceptors (Lipinski definition) is 8. The van der Waals surface area contributed by atoms with Crippen molar-refractivity contribution in [2.75, 3.05) is 0 Å². The van der Waals surface area contributed by atoms with E-state index in [1.54, 1.807) is 24.3 Å².